The lowest BCUT2D eigenvalue weighted by Gasteiger charge is -2.11. The molecular formula is C14H20N4. The Labute approximate surface area is 107 Å². The van der Waals surface area contributed by atoms with Gasteiger partial charge < -0.3 is 15.2 Å². The van der Waals surface area contributed by atoms with Crippen LogP contribution in [0.4, 0.5) is 0 Å². The van der Waals surface area contributed by atoms with Gasteiger partial charge >= 0.3 is 0 Å². The number of rotatable bonds is 4. The molecule has 0 aliphatic carbocycles. The summed E-state index contributed by atoms with van der Waals surface area (Å²) in [7, 11) is 2.20. The fourth-order valence-corrected chi connectivity index (χ4v) is 2.76. The average Bonchev–Trinajstić information content (AvgIpc) is 2.97. The van der Waals surface area contributed by atoms with E-state index in [0.29, 0.717) is 0 Å². The van der Waals surface area contributed by atoms with Crippen molar-refractivity contribution in [2.75, 3.05) is 26.7 Å². The minimum atomic E-state index is 0.804. The highest BCUT2D eigenvalue weighted by Gasteiger charge is 2.18. The van der Waals surface area contributed by atoms with Crippen molar-refractivity contribution in [3.05, 3.63) is 30.1 Å². The molecule has 4 heteroatoms. The van der Waals surface area contributed by atoms with Gasteiger partial charge in [-0.3, -0.25) is 0 Å². The fraction of sp³-hybridized carbons (Fsp3) is 0.500. The van der Waals surface area contributed by atoms with Crippen LogP contribution in [-0.4, -0.2) is 41.5 Å². The molecule has 0 saturated carbocycles. The Bertz CT molecular complexity index is 519. The monoisotopic (exact) mass is 244 g/mol. The van der Waals surface area contributed by atoms with Gasteiger partial charge in [0.05, 0.1) is 0 Å². The molecule has 1 aliphatic rings. The number of nitrogens with one attached hydrogen (secondary N) is 2. The van der Waals surface area contributed by atoms with Gasteiger partial charge in [0, 0.05) is 30.9 Å². The predicted octanol–water partition coefficient (Wildman–Crippen LogP) is 1.60. The molecule has 0 aromatic carbocycles. The van der Waals surface area contributed by atoms with Crippen LogP contribution in [0.5, 0.6) is 0 Å². The summed E-state index contributed by atoms with van der Waals surface area (Å²) in [5, 5.41) is 4.80. The number of fused-ring (bicyclic) bond motifs is 1. The van der Waals surface area contributed by atoms with Crippen LogP contribution in [0.15, 0.2) is 24.5 Å². The van der Waals surface area contributed by atoms with Crippen LogP contribution >= 0.6 is 0 Å². The Balaban J connectivity index is 1.57. The van der Waals surface area contributed by atoms with Gasteiger partial charge in [0.25, 0.3) is 0 Å². The molecule has 0 spiro atoms. The zero-order valence-corrected chi connectivity index (χ0v) is 10.8. The van der Waals surface area contributed by atoms with Gasteiger partial charge in [-0.05, 0) is 50.2 Å². The van der Waals surface area contributed by atoms with E-state index >= 15 is 0 Å². The molecule has 2 aromatic heterocycles. The largest absolute Gasteiger partial charge is 0.346 e. The molecule has 1 aliphatic heterocycles. The van der Waals surface area contributed by atoms with Crippen molar-refractivity contribution in [1.82, 2.24) is 20.2 Å². The summed E-state index contributed by atoms with van der Waals surface area (Å²) in [5.74, 6) is 0.804. The first-order chi connectivity index (χ1) is 8.83. The zero-order valence-electron chi connectivity index (χ0n) is 10.8. The second-order valence-electron chi connectivity index (χ2n) is 5.26. The van der Waals surface area contributed by atoms with Crippen molar-refractivity contribution >= 4 is 11.0 Å². The topological polar surface area (TPSA) is 44.0 Å². The molecule has 0 radical (unpaired) electrons. The molecule has 18 heavy (non-hydrogen) atoms. The van der Waals surface area contributed by atoms with E-state index in [1.54, 1.807) is 0 Å². The molecule has 2 N–H and O–H groups in total. The predicted molar refractivity (Wildman–Crippen MR) is 73.4 cm³/mol. The number of H-pyrrole nitrogens is 1. The van der Waals surface area contributed by atoms with E-state index in [-0.39, 0.29) is 0 Å². The molecule has 1 unspecified atom stereocenters. The van der Waals surface area contributed by atoms with Crippen molar-refractivity contribution in [1.29, 1.82) is 0 Å². The Morgan fingerprint density at radius 3 is 3.33 bits per heavy atom. The first-order valence-corrected chi connectivity index (χ1v) is 6.63. The maximum absolute atomic E-state index is 4.31. The summed E-state index contributed by atoms with van der Waals surface area (Å²) in [4.78, 5) is 9.93. The lowest BCUT2D eigenvalue weighted by Crippen LogP contribution is -2.24. The second-order valence-corrected chi connectivity index (χ2v) is 5.26. The summed E-state index contributed by atoms with van der Waals surface area (Å²) in [6.07, 6.45) is 5.20. The van der Waals surface area contributed by atoms with E-state index in [9.17, 15) is 0 Å². The third-order valence-corrected chi connectivity index (χ3v) is 3.77. The second kappa shape index (κ2) is 5.08. The molecule has 3 heterocycles. The Morgan fingerprint density at radius 2 is 2.50 bits per heavy atom. The van der Waals surface area contributed by atoms with Crippen LogP contribution < -0.4 is 5.32 Å². The highest BCUT2D eigenvalue weighted by atomic mass is 15.1. The van der Waals surface area contributed by atoms with E-state index < -0.39 is 0 Å². The SMILES string of the molecule is CN1CCC(CNCc2c[nH]c3ncccc23)C1. The van der Waals surface area contributed by atoms with Crippen LogP contribution in [0.3, 0.4) is 0 Å². The zero-order chi connectivity index (χ0) is 12.4. The number of pyridine rings is 1. The lowest BCUT2D eigenvalue weighted by atomic mass is 10.1. The van der Waals surface area contributed by atoms with E-state index in [1.807, 2.05) is 12.3 Å². The standard InChI is InChI=1S/C14H20N4/c1-18-6-4-11(10-18)7-15-8-12-9-17-14-13(12)3-2-5-16-14/h2-3,5,9,11,15H,4,6-8,10H2,1H3,(H,16,17). The van der Waals surface area contributed by atoms with Crippen molar-refractivity contribution in [3.63, 3.8) is 0 Å². The van der Waals surface area contributed by atoms with Crippen LogP contribution in [0.1, 0.15) is 12.0 Å². The molecule has 0 bridgehead atoms. The number of nitrogens with zero attached hydrogens (tertiary/aromatic N) is 2. The summed E-state index contributed by atoms with van der Waals surface area (Å²) >= 11 is 0. The minimum Gasteiger partial charge on any atom is -0.346 e. The van der Waals surface area contributed by atoms with Crippen LogP contribution in [0.25, 0.3) is 11.0 Å². The first kappa shape index (κ1) is 11.7. The summed E-state index contributed by atoms with van der Waals surface area (Å²) < 4.78 is 0. The van der Waals surface area contributed by atoms with Gasteiger partial charge in [-0.25, -0.2) is 4.98 Å². The number of aromatic amines is 1. The smallest absolute Gasteiger partial charge is 0.137 e. The van der Waals surface area contributed by atoms with Crippen LogP contribution in [0.2, 0.25) is 0 Å². The molecule has 1 fully saturated rings. The quantitative estimate of drug-likeness (QED) is 0.858. The third kappa shape index (κ3) is 2.40. The van der Waals surface area contributed by atoms with Gasteiger partial charge in [0.2, 0.25) is 0 Å². The number of hydrogen-bond donors (Lipinski definition) is 2. The number of hydrogen-bond acceptors (Lipinski definition) is 3. The maximum Gasteiger partial charge on any atom is 0.137 e. The number of likely N-dealkylation sites (tertiary alicyclic amines) is 1. The van der Waals surface area contributed by atoms with E-state index in [4.69, 9.17) is 0 Å². The van der Waals surface area contributed by atoms with Gasteiger partial charge in [-0.15, -0.1) is 0 Å². The van der Waals surface area contributed by atoms with Gasteiger partial charge in [0.15, 0.2) is 0 Å². The molecule has 1 atom stereocenters. The fourth-order valence-electron chi connectivity index (χ4n) is 2.76. The molecule has 3 rings (SSSR count). The van der Waals surface area contributed by atoms with Gasteiger partial charge in [-0.2, -0.15) is 0 Å². The lowest BCUT2D eigenvalue weighted by molar-refractivity contribution is 0.388. The highest BCUT2D eigenvalue weighted by molar-refractivity contribution is 5.79. The summed E-state index contributed by atoms with van der Waals surface area (Å²) in [5.41, 5.74) is 2.29. The van der Waals surface area contributed by atoms with Crippen LogP contribution in [0, 0.1) is 5.92 Å². The first-order valence-electron chi connectivity index (χ1n) is 6.63. The molecule has 1 saturated heterocycles. The Morgan fingerprint density at radius 1 is 1.56 bits per heavy atom. The molecule has 96 valence electrons. The summed E-state index contributed by atoms with van der Waals surface area (Å²) in [6, 6.07) is 4.12. The van der Waals surface area contributed by atoms with E-state index in [0.717, 1.165) is 24.7 Å². The Kier molecular flexibility index (Phi) is 3.30. The Hall–Kier alpha value is -1.39. The average molecular weight is 244 g/mol. The molecule has 4 nitrogen and oxygen atoms in total. The van der Waals surface area contributed by atoms with Crippen molar-refractivity contribution in [2.24, 2.45) is 5.92 Å². The van der Waals surface area contributed by atoms with Gasteiger partial charge in [-0.1, -0.05) is 0 Å². The van der Waals surface area contributed by atoms with Crippen molar-refractivity contribution in [3.8, 4) is 0 Å². The highest BCUT2D eigenvalue weighted by Crippen LogP contribution is 2.16. The maximum atomic E-state index is 4.31. The molecule has 0 amide bonds. The molecule has 2 aromatic rings. The van der Waals surface area contributed by atoms with Gasteiger partial charge in [0.1, 0.15) is 5.65 Å². The van der Waals surface area contributed by atoms with E-state index in [2.05, 4.69) is 39.5 Å². The normalized spacial score (nSPS) is 20.8. The van der Waals surface area contributed by atoms with Crippen molar-refractivity contribution < 1.29 is 0 Å². The minimum absolute atomic E-state index is 0.804. The summed E-state index contributed by atoms with van der Waals surface area (Å²) in [6.45, 7) is 4.50. The molecular weight excluding hydrogens is 224 g/mol. The van der Waals surface area contributed by atoms with E-state index in [1.165, 1.54) is 30.5 Å². The third-order valence-electron chi connectivity index (χ3n) is 3.77. The van der Waals surface area contributed by atoms with Crippen LogP contribution in [-0.2, 0) is 6.54 Å². The van der Waals surface area contributed by atoms with Crippen molar-refractivity contribution in [2.45, 2.75) is 13.0 Å². The number of aromatic nitrogens is 2.